The van der Waals surface area contributed by atoms with Crippen molar-refractivity contribution in [3.8, 4) is 5.75 Å². The molecule has 86 valence electrons. The molecule has 0 saturated carbocycles. The van der Waals surface area contributed by atoms with Crippen LogP contribution in [0.4, 0.5) is 0 Å². The summed E-state index contributed by atoms with van der Waals surface area (Å²) in [5, 5.41) is 0. The van der Waals surface area contributed by atoms with Crippen molar-refractivity contribution in [2.24, 2.45) is 0 Å². The highest BCUT2D eigenvalue weighted by Gasteiger charge is 2.02. The zero-order valence-corrected chi connectivity index (χ0v) is 9.66. The molecule has 0 radical (unpaired) electrons. The molecule has 16 heavy (non-hydrogen) atoms. The third-order valence-corrected chi connectivity index (χ3v) is 2.21. The van der Waals surface area contributed by atoms with Crippen molar-refractivity contribution in [2.45, 2.75) is 33.1 Å². The van der Waals surface area contributed by atoms with Gasteiger partial charge in [0, 0.05) is 12.8 Å². The summed E-state index contributed by atoms with van der Waals surface area (Å²) in [6, 6.07) is 7.26. The lowest BCUT2D eigenvalue weighted by Gasteiger charge is -2.04. The van der Waals surface area contributed by atoms with Crippen LogP contribution < -0.4 is 4.74 Å². The van der Waals surface area contributed by atoms with E-state index in [-0.39, 0.29) is 11.8 Å². The fraction of sp³-hybridized carbons (Fsp3) is 0.385. The van der Waals surface area contributed by atoms with Gasteiger partial charge < -0.3 is 9.53 Å². The van der Waals surface area contributed by atoms with E-state index in [4.69, 9.17) is 4.74 Å². The van der Waals surface area contributed by atoms with Crippen molar-refractivity contribution in [2.75, 3.05) is 0 Å². The predicted molar refractivity (Wildman–Crippen MR) is 61.4 cm³/mol. The molecule has 0 aliphatic carbocycles. The van der Waals surface area contributed by atoms with Gasteiger partial charge in [-0.25, -0.2) is 0 Å². The Hall–Kier alpha value is -1.64. The quantitative estimate of drug-likeness (QED) is 0.565. The van der Waals surface area contributed by atoms with E-state index < -0.39 is 0 Å². The molecule has 0 atom stereocenters. The molecule has 0 bridgehead atoms. The molecule has 1 aromatic rings. The highest BCUT2D eigenvalue weighted by Crippen LogP contribution is 2.14. The van der Waals surface area contributed by atoms with Gasteiger partial charge in [0.2, 0.25) is 0 Å². The number of hydrogen-bond acceptors (Lipinski definition) is 3. The Morgan fingerprint density at radius 3 is 2.31 bits per heavy atom. The molecule has 0 heterocycles. The van der Waals surface area contributed by atoms with Crippen LogP contribution in [0.25, 0.3) is 0 Å². The molecule has 0 spiro atoms. The fourth-order valence-corrected chi connectivity index (χ4v) is 1.25. The SMILES string of the molecule is CCC(=O)Oc1ccc(CCC(C)=O)cc1. The van der Waals surface area contributed by atoms with Crippen molar-refractivity contribution in [1.82, 2.24) is 0 Å². The molecule has 0 N–H and O–H groups in total. The van der Waals surface area contributed by atoms with Crippen LogP contribution in [0.2, 0.25) is 0 Å². The lowest BCUT2D eigenvalue weighted by Crippen LogP contribution is -2.05. The van der Waals surface area contributed by atoms with Gasteiger partial charge in [0.05, 0.1) is 0 Å². The van der Waals surface area contributed by atoms with Crippen LogP contribution in [0.1, 0.15) is 32.3 Å². The first-order chi connectivity index (χ1) is 7.61. The molecule has 0 unspecified atom stereocenters. The number of aryl methyl sites for hydroxylation is 1. The number of Topliss-reactive ketones (excluding diaryl/α,β-unsaturated/α-hetero) is 1. The Morgan fingerprint density at radius 1 is 1.19 bits per heavy atom. The first-order valence-corrected chi connectivity index (χ1v) is 5.41. The molecule has 0 fully saturated rings. The molecular formula is C13H16O3. The van der Waals surface area contributed by atoms with Gasteiger partial charge in [-0.3, -0.25) is 4.79 Å². The Labute approximate surface area is 95.4 Å². The summed E-state index contributed by atoms with van der Waals surface area (Å²) >= 11 is 0. The van der Waals surface area contributed by atoms with E-state index >= 15 is 0 Å². The first kappa shape index (κ1) is 12.4. The standard InChI is InChI=1S/C13H16O3/c1-3-13(15)16-12-8-6-11(7-9-12)5-4-10(2)14/h6-9H,3-5H2,1-2H3. The molecule has 0 aliphatic heterocycles. The molecule has 0 aromatic heterocycles. The zero-order chi connectivity index (χ0) is 12.0. The summed E-state index contributed by atoms with van der Waals surface area (Å²) in [6.07, 6.45) is 1.65. The number of ketones is 1. The minimum absolute atomic E-state index is 0.182. The third kappa shape index (κ3) is 4.26. The topological polar surface area (TPSA) is 43.4 Å². The van der Waals surface area contributed by atoms with Crippen LogP contribution >= 0.6 is 0 Å². The second-order valence-corrected chi connectivity index (χ2v) is 3.67. The van der Waals surface area contributed by atoms with Gasteiger partial charge in [0.15, 0.2) is 0 Å². The van der Waals surface area contributed by atoms with Crippen LogP contribution in [0.15, 0.2) is 24.3 Å². The Bertz CT molecular complexity index is 365. The van der Waals surface area contributed by atoms with E-state index in [9.17, 15) is 9.59 Å². The number of carbonyl (C=O) groups is 2. The lowest BCUT2D eigenvalue weighted by atomic mass is 10.1. The average Bonchev–Trinajstić information content (AvgIpc) is 2.28. The van der Waals surface area contributed by atoms with E-state index in [0.717, 1.165) is 12.0 Å². The third-order valence-electron chi connectivity index (χ3n) is 2.21. The summed E-state index contributed by atoms with van der Waals surface area (Å²) in [6.45, 7) is 3.33. The lowest BCUT2D eigenvalue weighted by molar-refractivity contribution is -0.134. The first-order valence-electron chi connectivity index (χ1n) is 5.41. The number of esters is 1. The van der Waals surface area contributed by atoms with Crippen molar-refractivity contribution >= 4 is 11.8 Å². The van der Waals surface area contributed by atoms with Crippen LogP contribution in [0.3, 0.4) is 0 Å². The number of rotatable bonds is 5. The van der Waals surface area contributed by atoms with Gasteiger partial charge in [-0.2, -0.15) is 0 Å². The molecular weight excluding hydrogens is 204 g/mol. The van der Waals surface area contributed by atoms with Crippen molar-refractivity contribution in [3.05, 3.63) is 29.8 Å². The van der Waals surface area contributed by atoms with Gasteiger partial charge in [0.25, 0.3) is 0 Å². The van der Waals surface area contributed by atoms with Crippen molar-refractivity contribution < 1.29 is 14.3 Å². The van der Waals surface area contributed by atoms with E-state index in [1.807, 2.05) is 12.1 Å². The minimum atomic E-state index is -0.239. The Kier molecular flexibility index (Phi) is 4.70. The summed E-state index contributed by atoms with van der Waals surface area (Å²) < 4.78 is 5.04. The number of carbonyl (C=O) groups excluding carboxylic acids is 2. The summed E-state index contributed by atoms with van der Waals surface area (Å²) in [5.74, 6) is 0.497. The molecule has 0 saturated heterocycles. The largest absolute Gasteiger partial charge is 0.427 e. The Morgan fingerprint density at radius 2 is 1.81 bits per heavy atom. The van der Waals surface area contributed by atoms with Crippen LogP contribution in [0.5, 0.6) is 5.75 Å². The van der Waals surface area contributed by atoms with E-state index in [1.54, 1.807) is 26.0 Å². The van der Waals surface area contributed by atoms with E-state index in [2.05, 4.69) is 0 Å². The van der Waals surface area contributed by atoms with Gasteiger partial charge in [-0.15, -0.1) is 0 Å². The van der Waals surface area contributed by atoms with Gasteiger partial charge in [0.1, 0.15) is 11.5 Å². The highest BCUT2D eigenvalue weighted by atomic mass is 16.5. The minimum Gasteiger partial charge on any atom is -0.427 e. The maximum Gasteiger partial charge on any atom is 0.310 e. The molecule has 0 amide bonds. The summed E-state index contributed by atoms with van der Waals surface area (Å²) in [5.41, 5.74) is 1.08. The summed E-state index contributed by atoms with van der Waals surface area (Å²) in [7, 11) is 0. The molecule has 3 nitrogen and oxygen atoms in total. The maximum atomic E-state index is 11.0. The molecule has 1 aromatic carbocycles. The van der Waals surface area contributed by atoms with Crippen LogP contribution in [-0.2, 0) is 16.0 Å². The smallest absolute Gasteiger partial charge is 0.310 e. The van der Waals surface area contributed by atoms with Gasteiger partial charge >= 0.3 is 5.97 Å². The van der Waals surface area contributed by atoms with Crippen molar-refractivity contribution in [3.63, 3.8) is 0 Å². The second-order valence-electron chi connectivity index (χ2n) is 3.67. The van der Waals surface area contributed by atoms with E-state index in [0.29, 0.717) is 18.6 Å². The monoisotopic (exact) mass is 220 g/mol. The fourth-order valence-electron chi connectivity index (χ4n) is 1.25. The molecule has 3 heteroatoms. The second kappa shape index (κ2) is 6.05. The normalized spacial score (nSPS) is 9.88. The predicted octanol–water partition coefficient (Wildman–Crippen LogP) is 2.52. The van der Waals surface area contributed by atoms with Crippen LogP contribution in [0, 0.1) is 0 Å². The van der Waals surface area contributed by atoms with Gasteiger partial charge in [-0.05, 0) is 31.0 Å². The zero-order valence-electron chi connectivity index (χ0n) is 9.66. The van der Waals surface area contributed by atoms with Crippen LogP contribution in [-0.4, -0.2) is 11.8 Å². The number of benzene rings is 1. The van der Waals surface area contributed by atoms with E-state index in [1.165, 1.54) is 0 Å². The average molecular weight is 220 g/mol. The highest BCUT2D eigenvalue weighted by molar-refractivity contribution is 5.75. The number of hydrogen-bond donors (Lipinski definition) is 0. The molecule has 0 aliphatic rings. The van der Waals surface area contributed by atoms with Gasteiger partial charge in [-0.1, -0.05) is 19.1 Å². The summed E-state index contributed by atoms with van der Waals surface area (Å²) in [4.78, 5) is 21.8. The molecule has 1 rings (SSSR count). The number of ether oxygens (including phenoxy) is 1. The van der Waals surface area contributed by atoms with Crippen molar-refractivity contribution in [1.29, 1.82) is 0 Å². The maximum absolute atomic E-state index is 11.0. The Balaban J connectivity index is 2.54.